The summed E-state index contributed by atoms with van der Waals surface area (Å²) in [5, 5.41) is 0.989. The molecule has 2 N–H and O–H groups in total. The lowest BCUT2D eigenvalue weighted by Crippen LogP contribution is -2.28. The van der Waals surface area contributed by atoms with Crippen LogP contribution in [0.15, 0.2) is 48.5 Å². The Labute approximate surface area is 170 Å². The summed E-state index contributed by atoms with van der Waals surface area (Å²) in [5.74, 6) is -0.917. The Morgan fingerprint density at radius 3 is 2.48 bits per heavy atom. The smallest absolute Gasteiger partial charge is 0.354 e. The van der Waals surface area contributed by atoms with Crippen molar-refractivity contribution in [1.29, 1.82) is 0 Å². The quantitative estimate of drug-likeness (QED) is 0.509. The van der Waals surface area contributed by atoms with Crippen LogP contribution in [0.1, 0.15) is 35.5 Å². The summed E-state index contributed by atoms with van der Waals surface area (Å²) < 4.78 is 18.7. The number of hydrogen-bond donors (Lipinski definition) is 1. The van der Waals surface area contributed by atoms with E-state index in [9.17, 15) is 4.79 Å². The molecule has 0 bridgehead atoms. The number of esters is 1. The van der Waals surface area contributed by atoms with Crippen LogP contribution < -0.4 is 5.73 Å². The van der Waals surface area contributed by atoms with E-state index in [2.05, 4.69) is 12.1 Å². The number of rotatable bonds is 6. The Morgan fingerprint density at radius 2 is 1.79 bits per heavy atom. The lowest BCUT2D eigenvalue weighted by Gasteiger charge is -2.22. The van der Waals surface area contributed by atoms with Gasteiger partial charge in [0.2, 0.25) is 0 Å². The molecule has 29 heavy (non-hydrogen) atoms. The third-order valence-corrected chi connectivity index (χ3v) is 5.19. The van der Waals surface area contributed by atoms with Gasteiger partial charge in [-0.15, -0.1) is 0 Å². The van der Waals surface area contributed by atoms with E-state index in [0.29, 0.717) is 44.2 Å². The number of nitrogen functional groups attached to an aromatic ring is 1. The lowest BCUT2D eigenvalue weighted by atomic mass is 10.0. The molecule has 6 nitrogen and oxygen atoms in total. The van der Waals surface area contributed by atoms with Crippen molar-refractivity contribution < 1.29 is 19.0 Å². The molecule has 1 aliphatic heterocycles. The second kappa shape index (κ2) is 7.89. The van der Waals surface area contributed by atoms with Crippen molar-refractivity contribution in [2.24, 2.45) is 0 Å². The van der Waals surface area contributed by atoms with Crippen molar-refractivity contribution in [3.63, 3.8) is 0 Å². The van der Waals surface area contributed by atoms with Gasteiger partial charge < -0.3 is 24.5 Å². The molecule has 1 saturated heterocycles. The molecule has 152 valence electrons. The maximum Gasteiger partial charge on any atom is 0.354 e. The molecule has 0 unspecified atom stereocenters. The van der Waals surface area contributed by atoms with Crippen molar-refractivity contribution in [1.82, 2.24) is 4.57 Å². The maximum atomic E-state index is 12.6. The zero-order valence-electron chi connectivity index (χ0n) is 16.8. The summed E-state index contributed by atoms with van der Waals surface area (Å²) in [6.45, 7) is 5.89. The molecule has 4 rings (SSSR count). The highest BCUT2D eigenvalue weighted by atomic mass is 16.7. The molecule has 2 aromatic carbocycles. The zero-order chi connectivity index (χ0) is 20.4. The van der Waals surface area contributed by atoms with E-state index < -0.39 is 5.79 Å². The van der Waals surface area contributed by atoms with E-state index in [4.69, 9.17) is 19.9 Å². The minimum atomic E-state index is -0.593. The molecule has 1 fully saturated rings. The predicted octanol–water partition coefficient (Wildman–Crippen LogP) is 3.75. The Balaban J connectivity index is 1.71. The van der Waals surface area contributed by atoms with Crippen LogP contribution in [-0.2, 0) is 27.2 Å². The highest BCUT2D eigenvalue weighted by Gasteiger charge is 2.31. The summed E-state index contributed by atoms with van der Waals surface area (Å²) in [5.41, 5.74) is 10.2. The molecule has 0 atom stereocenters. The number of hydrogen-bond acceptors (Lipinski definition) is 5. The zero-order valence-corrected chi connectivity index (χ0v) is 16.8. The topological polar surface area (TPSA) is 75.7 Å². The Kier molecular flexibility index (Phi) is 5.30. The fourth-order valence-electron chi connectivity index (χ4n) is 3.81. The summed E-state index contributed by atoms with van der Waals surface area (Å²) in [6.07, 6.45) is 0.654. The molecule has 0 amide bonds. The van der Waals surface area contributed by atoms with Crippen molar-refractivity contribution in [2.75, 3.05) is 25.6 Å². The van der Waals surface area contributed by atoms with Gasteiger partial charge in [-0.25, -0.2) is 4.79 Å². The van der Waals surface area contributed by atoms with E-state index in [-0.39, 0.29) is 5.97 Å². The lowest BCUT2D eigenvalue weighted by molar-refractivity contribution is -0.140. The van der Waals surface area contributed by atoms with E-state index >= 15 is 0 Å². The second-order valence-corrected chi connectivity index (χ2v) is 7.48. The first-order chi connectivity index (χ1) is 14.0. The molecule has 1 aliphatic rings. The maximum absolute atomic E-state index is 12.6. The van der Waals surface area contributed by atoms with Crippen molar-refractivity contribution in [3.8, 4) is 0 Å². The number of benzene rings is 2. The van der Waals surface area contributed by atoms with E-state index in [0.717, 1.165) is 22.0 Å². The normalized spacial score (nSPS) is 15.7. The van der Waals surface area contributed by atoms with Gasteiger partial charge in [0.1, 0.15) is 5.69 Å². The average Bonchev–Trinajstić information content (AvgIpc) is 3.27. The summed E-state index contributed by atoms with van der Waals surface area (Å²) in [7, 11) is 0. The van der Waals surface area contributed by atoms with Gasteiger partial charge in [0.15, 0.2) is 5.79 Å². The molecule has 6 heteroatoms. The third kappa shape index (κ3) is 4.13. The molecular weight excluding hydrogens is 368 g/mol. The summed E-state index contributed by atoms with van der Waals surface area (Å²) in [4.78, 5) is 12.6. The van der Waals surface area contributed by atoms with Crippen LogP contribution in [0, 0.1) is 0 Å². The summed E-state index contributed by atoms with van der Waals surface area (Å²) >= 11 is 0. The van der Waals surface area contributed by atoms with Gasteiger partial charge in [-0.2, -0.15) is 0 Å². The van der Waals surface area contributed by atoms with Crippen molar-refractivity contribution >= 4 is 22.6 Å². The van der Waals surface area contributed by atoms with Gasteiger partial charge in [0, 0.05) is 29.6 Å². The molecule has 3 aromatic rings. The number of nitrogens with zero attached hydrogens (tertiary/aromatic N) is 1. The Bertz CT molecular complexity index is 1020. The van der Waals surface area contributed by atoms with Crippen molar-refractivity contribution in [2.45, 2.75) is 32.6 Å². The van der Waals surface area contributed by atoms with E-state index in [1.54, 1.807) is 0 Å². The number of nitrogens with two attached hydrogens (primary N) is 1. The van der Waals surface area contributed by atoms with Gasteiger partial charge in [0.05, 0.1) is 19.8 Å². The van der Waals surface area contributed by atoms with Gasteiger partial charge in [-0.05, 0) is 55.3 Å². The van der Waals surface area contributed by atoms with Crippen LogP contribution in [0.4, 0.5) is 5.69 Å². The Morgan fingerprint density at radius 1 is 1.10 bits per heavy atom. The van der Waals surface area contributed by atoms with Gasteiger partial charge in [-0.1, -0.05) is 18.2 Å². The monoisotopic (exact) mass is 394 g/mol. The molecule has 0 spiro atoms. The van der Waals surface area contributed by atoms with Gasteiger partial charge in [-0.3, -0.25) is 0 Å². The first-order valence-electron chi connectivity index (χ1n) is 9.89. The van der Waals surface area contributed by atoms with Crippen LogP contribution in [0.2, 0.25) is 0 Å². The van der Waals surface area contributed by atoms with E-state index in [1.165, 1.54) is 0 Å². The largest absolute Gasteiger partial charge is 0.461 e. The standard InChI is InChI=1S/C23H26N2O4/c1-3-27-22(26)21-13-18-12-17(14-23(2)28-10-11-29-23)6-9-20(18)25(21)15-16-4-7-19(24)8-5-16/h4-9,12-13H,3,10-11,14-15,24H2,1-2H3. The van der Waals surface area contributed by atoms with Crippen LogP contribution in [0.5, 0.6) is 0 Å². The number of carbonyl (C=O) groups excluding carboxylic acids is 1. The minimum absolute atomic E-state index is 0.324. The molecular formula is C23H26N2O4. The predicted molar refractivity (Wildman–Crippen MR) is 112 cm³/mol. The molecule has 0 saturated carbocycles. The third-order valence-electron chi connectivity index (χ3n) is 5.19. The van der Waals surface area contributed by atoms with Crippen molar-refractivity contribution in [3.05, 3.63) is 65.4 Å². The Hall–Kier alpha value is -2.83. The number of aromatic nitrogens is 1. The minimum Gasteiger partial charge on any atom is -0.461 e. The molecule has 0 aliphatic carbocycles. The molecule has 2 heterocycles. The SMILES string of the molecule is CCOC(=O)c1cc2cc(CC3(C)OCCO3)ccc2n1Cc1ccc(N)cc1. The number of fused-ring (bicyclic) bond motifs is 1. The highest BCUT2D eigenvalue weighted by molar-refractivity contribution is 5.96. The number of carbonyl (C=O) groups is 1. The number of anilines is 1. The fourth-order valence-corrected chi connectivity index (χ4v) is 3.81. The number of ether oxygens (including phenoxy) is 3. The highest BCUT2D eigenvalue weighted by Crippen LogP contribution is 2.28. The molecule has 0 radical (unpaired) electrons. The van der Waals surface area contributed by atoms with Crippen LogP contribution in [0.25, 0.3) is 10.9 Å². The van der Waals surface area contributed by atoms with Gasteiger partial charge in [0.25, 0.3) is 0 Å². The summed E-state index contributed by atoms with van der Waals surface area (Å²) in [6, 6.07) is 15.8. The van der Waals surface area contributed by atoms with Crippen LogP contribution in [0.3, 0.4) is 0 Å². The fraction of sp³-hybridized carbons (Fsp3) is 0.348. The average molecular weight is 394 g/mol. The first-order valence-corrected chi connectivity index (χ1v) is 9.89. The van der Waals surface area contributed by atoms with Gasteiger partial charge >= 0.3 is 5.97 Å². The second-order valence-electron chi connectivity index (χ2n) is 7.48. The van der Waals surface area contributed by atoms with Crippen LogP contribution in [-0.4, -0.2) is 36.1 Å². The van der Waals surface area contributed by atoms with E-state index in [1.807, 2.05) is 54.8 Å². The molecule has 1 aromatic heterocycles. The van der Waals surface area contributed by atoms with Crippen LogP contribution >= 0.6 is 0 Å². The first kappa shape index (κ1) is 19.5.